The van der Waals surface area contributed by atoms with Crippen molar-refractivity contribution in [2.75, 3.05) is 20.7 Å². The molecule has 3 rings (SSSR count). The molecular weight excluding hydrogens is 294 g/mol. The highest BCUT2D eigenvalue weighted by Crippen LogP contribution is 2.18. The number of aromatic nitrogens is 3. The van der Waals surface area contributed by atoms with Crippen molar-refractivity contribution >= 4 is 5.91 Å². The molecule has 0 unspecified atom stereocenters. The molecule has 0 atom stereocenters. The van der Waals surface area contributed by atoms with E-state index in [1.807, 2.05) is 6.20 Å². The molecule has 3 heterocycles. The number of nitrogens with zero attached hydrogens (tertiary/aromatic N) is 4. The third kappa shape index (κ3) is 3.40. The van der Waals surface area contributed by atoms with Crippen molar-refractivity contribution in [1.29, 1.82) is 0 Å². The Balaban J connectivity index is 1.82. The van der Waals surface area contributed by atoms with Crippen LogP contribution >= 0.6 is 0 Å². The van der Waals surface area contributed by atoms with Crippen molar-refractivity contribution in [3.63, 3.8) is 0 Å². The zero-order valence-electron chi connectivity index (χ0n) is 13.5. The van der Waals surface area contributed by atoms with Crippen molar-refractivity contribution in [2.24, 2.45) is 5.73 Å². The SMILES string of the molecule is COCc1nn(Cc2cnc3c(c2)CCN(C)C3)cc1C(N)=O. The monoisotopic (exact) mass is 315 g/mol. The van der Waals surface area contributed by atoms with Crippen LogP contribution in [0.4, 0.5) is 0 Å². The summed E-state index contributed by atoms with van der Waals surface area (Å²) in [5.41, 5.74) is 9.85. The van der Waals surface area contributed by atoms with Gasteiger partial charge in [-0.25, -0.2) is 0 Å². The zero-order chi connectivity index (χ0) is 16.4. The van der Waals surface area contributed by atoms with Gasteiger partial charge >= 0.3 is 0 Å². The lowest BCUT2D eigenvalue weighted by molar-refractivity contribution is 0.0995. The fourth-order valence-electron chi connectivity index (χ4n) is 2.86. The summed E-state index contributed by atoms with van der Waals surface area (Å²) >= 11 is 0. The van der Waals surface area contributed by atoms with Crippen molar-refractivity contribution in [3.8, 4) is 0 Å². The molecule has 122 valence electrons. The van der Waals surface area contributed by atoms with Crippen LogP contribution in [0.15, 0.2) is 18.5 Å². The Labute approximate surface area is 135 Å². The summed E-state index contributed by atoms with van der Waals surface area (Å²) < 4.78 is 6.78. The number of pyridine rings is 1. The van der Waals surface area contributed by atoms with Gasteiger partial charge in [-0.1, -0.05) is 6.07 Å². The normalized spacial score (nSPS) is 14.7. The van der Waals surface area contributed by atoms with E-state index in [0.717, 1.165) is 30.8 Å². The fraction of sp³-hybridized carbons (Fsp3) is 0.438. The predicted molar refractivity (Wildman–Crippen MR) is 84.8 cm³/mol. The van der Waals surface area contributed by atoms with E-state index in [9.17, 15) is 4.79 Å². The minimum absolute atomic E-state index is 0.264. The van der Waals surface area contributed by atoms with E-state index in [0.29, 0.717) is 17.8 Å². The minimum atomic E-state index is -0.491. The fourth-order valence-corrected chi connectivity index (χ4v) is 2.86. The van der Waals surface area contributed by atoms with E-state index in [1.54, 1.807) is 18.0 Å². The van der Waals surface area contributed by atoms with Gasteiger partial charge in [0.25, 0.3) is 5.91 Å². The maximum absolute atomic E-state index is 11.5. The van der Waals surface area contributed by atoms with Crippen molar-refractivity contribution in [3.05, 3.63) is 46.5 Å². The number of carbonyl (C=O) groups is 1. The lowest BCUT2D eigenvalue weighted by Gasteiger charge is -2.24. The molecule has 0 aliphatic carbocycles. The molecule has 0 aromatic carbocycles. The van der Waals surface area contributed by atoms with Gasteiger partial charge in [-0.15, -0.1) is 0 Å². The van der Waals surface area contributed by atoms with Gasteiger partial charge in [-0.3, -0.25) is 14.5 Å². The molecule has 0 saturated carbocycles. The third-order valence-electron chi connectivity index (χ3n) is 4.03. The molecule has 1 aliphatic heterocycles. The molecule has 1 aliphatic rings. The smallest absolute Gasteiger partial charge is 0.252 e. The number of likely N-dealkylation sites (N-methyl/N-ethyl adjacent to an activating group) is 1. The van der Waals surface area contributed by atoms with Crippen LogP contribution in [-0.2, 0) is 30.9 Å². The number of methoxy groups -OCH3 is 1. The van der Waals surface area contributed by atoms with Crippen LogP contribution in [0.5, 0.6) is 0 Å². The highest BCUT2D eigenvalue weighted by Gasteiger charge is 2.16. The van der Waals surface area contributed by atoms with Gasteiger partial charge < -0.3 is 15.4 Å². The summed E-state index contributed by atoms with van der Waals surface area (Å²) in [5, 5.41) is 4.40. The number of amides is 1. The maximum Gasteiger partial charge on any atom is 0.252 e. The average Bonchev–Trinajstić information content (AvgIpc) is 2.91. The highest BCUT2D eigenvalue weighted by atomic mass is 16.5. The van der Waals surface area contributed by atoms with E-state index < -0.39 is 5.91 Å². The Morgan fingerprint density at radius 3 is 3.04 bits per heavy atom. The van der Waals surface area contributed by atoms with E-state index in [1.165, 1.54) is 5.56 Å². The largest absolute Gasteiger partial charge is 0.378 e. The number of carbonyl (C=O) groups excluding carboxylic acids is 1. The maximum atomic E-state index is 11.5. The van der Waals surface area contributed by atoms with E-state index in [-0.39, 0.29) is 6.61 Å². The third-order valence-corrected chi connectivity index (χ3v) is 4.03. The van der Waals surface area contributed by atoms with Gasteiger partial charge in [-0.2, -0.15) is 5.10 Å². The van der Waals surface area contributed by atoms with Crippen LogP contribution in [0, 0.1) is 0 Å². The topological polar surface area (TPSA) is 86.3 Å². The van der Waals surface area contributed by atoms with E-state index >= 15 is 0 Å². The molecule has 2 aromatic rings. The second kappa shape index (κ2) is 6.47. The molecule has 2 N–H and O–H groups in total. The first-order chi connectivity index (χ1) is 11.1. The Hall–Kier alpha value is -2.25. The molecular formula is C16H21N5O2. The molecule has 0 radical (unpaired) electrons. The van der Waals surface area contributed by atoms with Gasteiger partial charge in [0.2, 0.25) is 0 Å². The van der Waals surface area contributed by atoms with Gasteiger partial charge in [0.05, 0.1) is 24.4 Å². The average molecular weight is 315 g/mol. The Morgan fingerprint density at radius 2 is 2.30 bits per heavy atom. The number of primary amides is 1. The first-order valence-corrected chi connectivity index (χ1v) is 7.57. The van der Waals surface area contributed by atoms with E-state index in [2.05, 4.69) is 28.1 Å². The van der Waals surface area contributed by atoms with Crippen molar-refractivity contribution in [1.82, 2.24) is 19.7 Å². The molecule has 0 bridgehead atoms. The summed E-state index contributed by atoms with van der Waals surface area (Å²) in [6.07, 6.45) is 4.55. The van der Waals surface area contributed by atoms with Crippen molar-refractivity contribution in [2.45, 2.75) is 26.1 Å². The number of hydrogen-bond donors (Lipinski definition) is 1. The number of rotatable bonds is 5. The predicted octanol–water partition coefficient (Wildman–Crippen LogP) is 0.560. The van der Waals surface area contributed by atoms with Crippen LogP contribution in [0.25, 0.3) is 0 Å². The summed E-state index contributed by atoms with van der Waals surface area (Å²) in [5.74, 6) is -0.491. The summed E-state index contributed by atoms with van der Waals surface area (Å²) in [6.45, 7) is 2.76. The molecule has 1 amide bonds. The minimum Gasteiger partial charge on any atom is -0.378 e. The number of hydrogen-bond acceptors (Lipinski definition) is 5. The first kappa shape index (κ1) is 15.6. The Kier molecular flexibility index (Phi) is 4.40. The summed E-state index contributed by atoms with van der Waals surface area (Å²) in [7, 11) is 3.67. The van der Waals surface area contributed by atoms with Crippen LogP contribution in [0.3, 0.4) is 0 Å². The standard InChI is InChI=1S/C16H21N5O2/c1-20-4-3-12-5-11(6-18-14(12)9-20)7-21-8-13(16(17)22)15(19-21)10-23-2/h5-6,8H,3-4,7,9-10H2,1-2H3,(H2,17,22). The molecule has 7 heteroatoms. The summed E-state index contributed by atoms with van der Waals surface area (Å²) in [6, 6.07) is 2.18. The molecule has 7 nitrogen and oxygen atoms in total. The van der Waals surface area contributed by atoms with Crippen LogP contribution < -0.4 is 5.73 Å². The lowest BCUT2D eigenvalue weighted by atomic mass is 10.0. The van der Waals surface area contributed by atoms with Crippen LogP contribution in [0.1, 0.15) is 32.9 Å². The molecule has 23 heavy (non-hydrogen) atoms. The Bertz CT molecular complexity index is 725. The van der Waals surface area contributed by atoms with Crippen LogP contribution in [0.2, 0.25) is 0 Å². The molecule has 2 aromatic heterocycles. The Morgan fingerprint density at radius 1 is 1.48 bits per heavy atom. The van der Waals surface area contributed by atoms with Gasteiger partial charge in [-0.05, 0) is 24.6 Å². The van der Waals surface area contributed by atoms with Gasteiger partial charge in [0.15, 0.2) is 0 Å². The molecule has 0 spiro atoms. The van der Waals surface area contributed by atoms with Crippen LogP contribution in [-0.4, -0.2) is 46.3 Å². The van der Waals surface area contributed by atoms with Gasteiger partial charge in [0, 0.05) is 32.6 Å². The first-order valence-electron chi connectivity index (χ1n) is 7.57. The summed E-state index contributed by atoms with van der Waals surface area (Å²) in [4.78, 5) is 18.3. The van der Waals surface area contributed by atoms with Crippen molar-refractivity contribution < 1.29 is 9.53 Å². The number of nitrogens with two attached hydrogens (primary N) is 1. The zero-order valence-corrected chi connectivity index (χ0v) is 13.5. The highest BCUT2D eigenvalue weighted by molar-refractivity contribution is 5.93. The quantitative estimate of drug-likeness (QED) is 0.871. The number of fused-ring (bicyclic) bond motifs is 1. The number of ether oxygens (including phenoxy) is 1. The van der Waals surface area contributed by atoms with E-state index in [4.69, 9.17) is 10.5 Å². The van der Waals surface area contributed by atoms with Gasteiger partial charge in [0.1, 0.15) is 5.69 Å². The lowest BCUT2D eigenvalue weighted by Crippen LogP contribution is -2.27. The molecule has 0 fully saturated rings. The molecule has 0 saturated heterocycles. The second-order valence-electron chi connectivity index (χ2n) is 5.92. The second-order valence-corrected chi connectivity index (χ2v) is 5.92.